The van der Waals surface area contributed by atoms with Gasteiger partial charge in [-0.3, -0.25) is 14.5 Å². The first-order valence-electron chi connectivity index (χ1n) is 7.27. The van der Waals surface area contributed by atoms with Crippen molar-refractivity contribution in [1.82, 2.24) is 4.90 Å². The van der Waals surface area contributed by atoms with E-state index in [-0.39, 0.29) is 23.8 Å². The second-order valence-corrected chi connectivity index (χ2v) is 7.36. The van der Waals surface area contributed by atoms with Gasteiger partial charge >= 0.3 is 0 Å². The topological polar surface area (TPSA) is 37.4 Å². The first-order valence-corrected chi connectivity index (χ1v) is 7.27. The third-order valence-electron chi connectivity index (χ3n) is 5.13. The molecule has 0 aromatic heterocycles. The molecular weight excluding hydrogens is 226 g/mol. The third kappa shape index (κ3) is 1.63. The molecule has 3 heteroatoms. The Balaban J connectivity index is 1.76. The van der Waals surface area contributed by atoms with Crippen LogP contribution in [0.5, 0.6) is 0 Å². The van der Waals surface area contributed by atoms with Crippen molar-refractivity contribution in [2.45, 2.75) is 58.9 Å². The quantitative estimate of drug-likeness (QED) is 0.619. The maximum absolute atomic E-state index is 12.3. The molecule has 2 saturated carbocycles. The fourth-order valence-corrected chi connectivity index (χ4v) is 4.11. The van der Waals surface area contributed by atoms with Crippen LogP contribution < -0.4 is 0 Å². The Morgan fingerprint density at radius 2 is 1.78 bits per heavy atom. The molecule has 18 heavy (non-hydrogen) atoms. The smallest absolute Gasteiger partial charge is 0.234 e. The van der Waals surface area contributed by atoms with Gasteiger partial charge in [-0.2, -0.15) is 0 Å². The number of hydrogen-bond acceptors (Lipinski definition) is 2. The summed E-state index contributed by atoms with van der Waals surface area (Å²) >= 11 is 0. The van der Waals surface area contributed by atoms with Gasteiger partial charge in [0, 0.05) is 5.41 Å². The molecule has 3 nitrogen and oxygen atoms in total. The van der Waals surface area contributed by atoms with Crippen molar-refractivity contribution < 1.29 is 9.59 Å². The highest BCUT2D eigenvalue weighted by molar-refractivity contribution is 6.03. The minimum Gasteiger partial charge on any atom is -0.278 e. The van der Waals surface area contributed by atoms with Crippen LogP contribution in [0.15, 0.2) is 0 Å². The number of carbonyl (C=O) groups excluding carboxylic acids is 2. The first kappa shape index (κ1) is 12.2. The van der Waals surface area contributed by atoms with E-state index < -0.39 is 5.41 Å². The van der Waals surface area contributed by atoms with Gasteiger partial charge in [0.25, 0.3) is 0 Å². The van der Waals surface area contributed by atoms with Crippen LogP contribution in [0.4, 0.5) is 0 Å². The molecule has 2 aliphatic carbocycles. The average molecular weight is 249 g/mol. The van der Waals surface area contributed by atoms with Gasteiger partial charge in [-0.05, 0) is 24.7 Å². The molecular formula is C15H23NO2. The zero-order valence-corrected chi connectivity index (χ0v) is 11.6. The monoisotopic (exact) mass is 249 g/mol. The van der Waals surface area contributed by atoms with Crippen molar-refractivity contribution in [1.29, 1.82) is 0 Å². The molecule has 0 bridgehead atoms. The molecule has 0 radical (unpaired) electrons. The Labute approximate surface area is 109 Å². The summed E-state index contributed by atoms with van der Waals surface area (Å²) in [6.07, 6.45) is 6.04. The second-order valence-electron chi connectivity index (χ2n) is 7.36. The average Bonchev–Trinajstić information content (AvgIpc) is 2.73. The molecule has 0 aromatic carbocycles. The Hall–Kier alpha value is -0.860. The van der Waals surface area contributed by atoms with E-state index in [1.165, 1.54) is 19.3 Å². The predicted octanol–water partition coefficient (Wildman–Crippen LogP) is 2.60. The Kier molecular flexibility index (Phi) is 2.58. The Morgan fingerprint density at radius 3 is 2.39 bits per heavy atom. The van der Waals surface area contributed by atoms with E-state index in [2.05, 4.69) is 0 Å². The summed E-state index contributed by atoms with van der Waals surface area (Å²) in [5, 5.41) is 0. The maximum atomic E-state index is 12.3. The van der Waals surface area contributed by atoms with Crippen molar-refractivity contribution in [3.63, 3.8) is 0 Å². The van der Waals surface area contributed by atoms with E-state index in [1.54, 1.807) is 4.90 Å². The predicted molar refractivity (Wildman–Crippen MR) is 68.7 cm³/mol. The van der Waals surface area contributed by atoms with Crippen LogP contribution in [0.3, 0.4) is 0 Å². The zero-order valence-electron chi connectivity index (χ0n) is 11.6. The van der Waals surface area contributed by atoms with E-state index in [1.807, 2.05) is 20.8 Å². The molecule has 4 atom stereocenters. The van der Waals surface area contributed by atoms with Gasteiger partial charge in [-0.15, -0.1) is 0 Å². The van der Waals surface area contributed by atoms with Crippen LogP contribution in [-0.2, 0) is 9.59 Å². The lowest BCUT2D eigenvalue weighted by molar-refractivity contribution is -0.176. The van der Waals surface area contributed by atoms with Gasteiger partial charge in [0.2, 0.25) is 11.8 Å². The summed E-state index contributed by atoms with van der Waals surface area (Å²) in [5.41, 5.74) is -0.437. The number of amides is 2. The lowest BCUT2D eigenvalue weighted by atomic mass is 9.67. The van der Waals surface area contributed by atoms with Gasteiger partial charge < -0.3 is 0 Å². The molecule has 4 unspecified atom stereocenters. The van der Waals surface area contributed by atoms with E-state index in [9.17, 15) is 9.59 Å². The van der Waals surface area contributed by atoms with Gasteiger partial charge in [0.05, 0.1) is 12.0 Å². The molecule has 1 aliphatic heterocycles. The van der Waals surface area contributed by atoms with Crippen molar-refractivity contribution in [3.8, 4) is 0 Å². The number of nitrogens with zero attached hydrogens (tertiary/aromatic N) is 1. The normalized spacial score (nSPS) is 39.1. The van der Waals surface area contributed by atoms with Crippen molar-refractivity contribution in [3.05, 3.63) is 0 Å². The lowest BCUT2D eigenvalue weighted by Gasteiger charge is -2.53. The molecule has 1 saturated heterocycles. The molecule has 2 amide bonds. The second kappa shape index (κ2) is 3.82. The number of carbonyl (C=O) groups is 2. The Morgan fingerprint density at radius 1 is 1.17 bits per heavy atom. The third-order valence-corrected chi connectivity index (χ3v) is 5.13. The van der Waals surface area contributed by atoms with E-state index in [4.69, 9.17) is 0 Å². The standard InChI is InChI=1S/C15H23NO2/c1-15(2,3)14(18)16-12-8-10-6-4-5-9(10)7-11(12)13(16)17/h9-12H,4-8H2,1-3H3. The first-order chi connectivity index (χ1) is 8.39. The molecule has 1 heterocycles. The van der Waals surface area contributed by atoms with Crippen molar-refractivity contribution in [2.24, 2.45) is 23.2 Å². The number of imide groups is 1. The number of β-lactam (4-membered cyclic amide) rings is 1. The summed E-state index contributed by atoms with van der Waals surface area (Å²) in [6.45, 7) is 5.70. The highest BCUT2D eigenvalue weighted by Gasteiger charge is 2.56. The summed E-state index contributed by atoms with van der Waals surface area (Å²) in [4.78, 5) is 26.1. The van der Waals surface area contributed by atoms with Gasteiger partial charge in [0.15, 0.2) is 0 Å². The van der Waals surface area contributed by atoms with Crippen LogP contribution in [-0.4, -0.2) is 22.8 Å². The summed E-state index contributed by atoms with van der Waals surface area (Å²) in [7, 11) is 0. The fraction of sp³-hybridized carbons (Fsp3) is 0.867. The minimum absolute atomic E-state index is 0.0187. The SMILES string of the molecule is CC(C)(C)C(=O)N1C(=O)C2CC3CCCC3CC21. The van der Waals surface area contributed by atoms with E-state index >= 15 is 0 Å². The lowest BCUT2D eigenvalue weighted by Crippen LogP contribution is -2.67. The molecule has 0 aromatic rings. The van der Waals surface area contributed by atoms with Gasteiger partial charge in [-0.1, -0.05) is 40.0 Å². The van der Waals surface area contributed by atoms with Crippen molar-refractivity contribution in [2.75, 3.05) is 0 Å². The van der Waals surface area contributed by atoms with Gasteiger partial charge in [0.1, 0.15) is 0 Å². The summed E-state index contributed by atoms with van der Waals surface area (Å²) < 4.78 is 0. The van der Waals surface area contributed by atoms with Crippen LogP contribution in [0, 0.1) is 23.2 Å². The van der Waals surface area contributed by atoms with E-state index in [0.717, 1.165) is 24.7 Å². The summed E-state index contributed by atoms with van der Waals surface area (Å²) in [6, 6.07) is 0.226. The number of rotatable bonds is 0. The van der Waals surface area contributed by atoms with Crippen LogP contribution in [0.2, 0.25) is 0 Å². The fourth-order valence-electron chi connectivity index (χ4n) is 4.11. The van der Waals surface area contributed by atoms with Crippen LogP contribution in [0.25, 0.3) is 0 Å². The molecule has 0 spiro atoms. The zero-order chi connectivity index (χ0) is 13.1. The highest BCUT2D eigenvalue weighted by Crippen LogP contribution is 2.50. The molecule has 100 valence electrons. The minimum atomic E-state index is -0.437. The number of likely N-dealkylation sites (tertiary alicyclic amines) is 1. The molecule has 3 fully saturated rings. The number of hydrogen-bond donors (Lipinski definition) is 0. The largest absolute Gasteiger partial charge is 0.278 e. The molecule has 3 rings (SSSR count). The highest BCUT2D eigenvalue weighted by atomic mass is 16.2. The van der Waals surface area contributed by atoms with Crippen molar-refractivity contribution >= 4 is 11.8 Å². The van der Waals surface area contributed by atoms with Crippen LogP contribution >= 0.6 is 0 Å². The molecule has 0 N–H and O–H groups in total. The van der Waals surface area contributed by atoms with Gasteiger partial charge in [-0.25, -0.2) is 0 Å². The molecule has 3 aliphatic rings. The Bertz CT molecular complexity index is 396. The summed E-state index contributed by atoms with van der Waals surface area (Å²) in [5.74, 6) is 1.82. The van der Waals surface area contributed by atoms with Crippen LogP contribution in [0.1, 0.15) is 52.9 Å². The van der Waals surface area contributed by atoms with E-state index in [0.29, 0.717) is 0 Å². The maximum Gasteiger partial charge on any atom is 0.234 e. The number of fused-ring (bicyclic) bond motifs is 2.